The third-order valence-corrected chi connectivity index (χ3v) is 2.17. The molecule has 12 heavy (non-hydrogen) atoms. The fourth-order valence-electron chi connectivity index (χ4n) is 1.42. The minimum Gasteiger partial charge on any atom is -0.508 e. The van der Waals surface area contributed by atoms with Crippen molar-refractivity contribution in [3.05, 3.63) is 42.0 Å². The number of aromatic hydroxyl groups is 1. The van der Waals surface area contributed by atoms with Gasteiger partial charge in [-0.05, 0) is 29.3 Å². The van der Waals surface area contributed by atoms with Gasteiger partial charge in [0.1, 0.15) is 5.75 Å². The highest BCUT2D eigenvalue weighted by Crippen LogP contribution is 2.25. The molecule has 0 saturated heterocycles. The third-order valence-electron chi connectivity index (χ3n) is 2.17. The van der Waals surface area contributed by atoms with Crippen LogP contribution in [-0.4, -0.2) is 5.11 Å². The summed E-state index contributed by atoms with van der Waals surface area (Å²) < 4.78 is 0. The molecule has 0 bridgehead atoms. The maximum atomic E-state index is 9.42. The van der Waals surface area contributed by atoms with Crippen LogP contribution in [0.2, 0.25) is 0 Å². The zero-order chi connectivity index (χ0) is 8.55. The first-order valence-electron chi connectivity index (χ1n) is 3.96. The molecule has 2 aromatic carbocycles. The van der Waals surface area contributed by atoms with Gasteiger partial charge >= 0.3 is 0 Å². The lowest BCUT2D eigenvalue weighted by Gasteiger charge is -2.02. The van der Waals surface area contributed by atoms with Gasteiger partial charge in [0.2, 0.25) is 0 Å². The number of rotatable bonds is 0. The molecule has 0 aromatic heterocycles. The molecule has 0 heterocycles. The predicted octanol–water partition coefficient (Wildman–Crippen LogP) is 2.85. The summed E-state index contributed by atoms with van der Waals surface area (Å²) in [7, 11) is 0. The summed E-state index contributed by atoms with van der Waals surface area (Å²) in [4.78, 5) is 0. The summed E-state index contributed by atoms with van der Waals surface area (Å²) in [5.41, 5.74) is 0.952. The maximum absolute atomic E-state index is 9.42. The van der Waals surface area contributed by atoms with Crippen molar-refractivity contribution >= 4 is 10.8 Å². The average Bonchev–Trinajstić information content (AvgIpc) is 2.12. The van der Waals surface area contributed by atoms with Gasteiger partial charge in [0.25, 0.3) is 0 Å². The van der Waals surface area contributed by atoms with E-state index in [1.54, 1.807) is 6.07 Å². The van der Waals surface area contributed by atoms with Crippen molar-refractivity contribution in [1.82, 2.24) is 0 Å². The van der Waals surface area contributed by atoms with Crippen LogP contribution in [0.3, 0.4) is 0 Å². The van der Waals surface area contributed by atoms with Crippen LogP contribution < -0.4 is 0 Å². The van der Waals surface area contributed by atoms with E-state index in [0.717, 1.165) is 10.9 Å². The zero-order valence-corrected chi connectivity index (χ0v) is 6.91. The highest BCUT2D eigenvalue weighted by molar-refractivity contribution is 5.87. The molecular weight excluding hydrogens is 148 g/mol. The molecule has 2 rings (SSSR count). The summed E-state index contributed by atoms with van der Waals surface area (Å²) in [6.45, 7) is 1.93. The van der Waals surface area contributed by atoms with Crippen molar-refractivity contribution in [2.75, 3.05) is 0 Å². The lowest BCUT2D eigenvalue weighted by molar-refractivity contribution is 0.472. The lowest BCUT2D eigenvalue weighted by Crippen LogP contribution is -1.78. The van der Waals surface area contributed by atoms with Crippen molar-refractivity contribution in [2.45, 2.75) is 6.92 Å². The number of fused-ring (bicyclic) bond motifs is 1. The smallest absolute Gasteiger partial charge is 0.119 e. The van der Waals surface area contributed by atoms with Gasteiger partial charge in [-0.2, -0.15) is 0 Å². The summed E-state index contributed by atoms with van der Waals surface area (Å²) in [6, 6.07) is 11.7. The number of aryl methyl sites for hydroxylation is 1. The van der Waals surface area contributed by atoms with E-state index in [0.29, 0.717) is 5.75 Å². The number of phenolic OH excluding ortho intramolecular Hbond substituents is 1. The molecule has 0 aliphatic carbocycles. The molecule has 0 fully saturated rings. The summed E-state index contributed by atoms with van der Waals surface area (Å²) in [6.07, 6.45) is 0. The van der Waals surface area contributed by atoms with Gasteiger partial charge < -0.3 is 5.11 Å². The van der Waals surface area contributed by atoms with Gasteiger partial charge in [-0.25, -0.2) is 0 Å². The molecule has 60 valence electrons. The Balaban J connectivity index is 2.91. The molecule has 2 aromatic rings. The third kappa shape index (κ3) is 0.944. The molecule has 0 atom stereocenters. The van der Waals surface area contributed by atoms with Crippen molar-refractivity contribution in [3.8, 4) is 5.75 Å². The van der Waals surface area contributed by atoms with Crippen LogP contribution in [0.5, 0.6) is 5.75 Å². The maximum Gasteiger partial charge on any atom is 0.119 e. The second-order valence-corrected chi connectivity index (χ2v) is 2.93. The largest absolute Gasteiger partial charge is 0.508 e. The first kappa shape index (κ1) is 7.17. The quantitative estimate of drug-likeness (QED) is 0.625. The van der Waals surface area contributed by atoms with Crippen LogP contribution in [0.15, 0.2) is 36.4 Å². The number of hydrogen-bond donors (Lipinski definition) is 1. The second-order valence-electron chi connectivity index (χ2n) is 2.93. The molecule has 0 aliphatic heterocycles. The van der Waals surface area contributed by atoms with E-state index >= 15 is 0 Å². The molecule has 0 spiro atoms. The minimum atomic E-state index is 0.369. The number of benzene rings is 2. The lowest BCUT2D eigenvalue weighted by atomic mass is 10.1. The monoisotopic (exact) mass is 158 g/mol. The normalized spacial score (nSPS) is 10.4. The van der Waals surface area contributed by atoms with Crippen molar-refractivity contribution in [1.29, 1.82) is 0 Å². The van der Waals surface area contributed by atoms with Crippen LogP contribution in [0.1, 0.15) is 5.56 Å². The van der Waals surface area contributed by atoms with E-state index in [4.69, 9.17) is 0 Å². The molecule has 1 nitrogen and oxygen atoms in total. The Morgan fingerprint density at radius 3 is 2.58 bits per heavy atom. The van der Waals surface area contributed by atoms with Crippen molar-refractivity contribution in [3.63, 3.8) is 0 Å². The molecule has 1 N–H and O–H groups in total. The van der Waals surface area contributed by atoms with Crippen molar-refractivity contribution < 1.29 is 5.11 Å². The van der Waals surface area contributed by atoms with E-state index in [2.05, 4.69) is 0 Å². The van der Waals surface area contributed by atoms with E-state index in [1.165, 1.54) is 5.39 Å². The van der Waals surface area contributed by atoms with Crippen LogP contribution in [0, 0.1) is 6.92 Å². The molecule has 0 amide bonds. The predicted molar refractivity (Wildman–Crippen MR) is 50.3 cm³/mol. The Morgan fingerprint density at radius 1 is 1.00 bits per heavy atom. The SMILES string of the molecule is Cc1c(O)ccc2ccccc12. The standard InChI is InChI=1S/C11H10O/c1-8-10-5-3-2-4-9(10)6-7-11(8)12/h2-7,12H,1H3. The average molecular weight is 158 g/mol. The first-order chi connectivity index (χ1) is 5.79. The molecule has 0 aliphatic rings. The molecule has 0 saturated carbocycles. The molecule has 0 radical (unpaired) electrons. The highest BCUT2D eigenvalue weighted by Gasteiger charge is 1.99. The topological polar surface area (TPSA) is 20.2 Å². The Hall–Kier alpha value is -1.50. The van der Waals surface area contributed by atoms with Gasteiger partial charge in [0.05, 0.1) is 0 Å². The Morgan fingerprint density at radius 2 is 1.75 bits per heavy atom. The van der Waals surface area contributed by atoms with E-state index < -0.39 is 0 Å². The first-order valence-corrected chi connectivity index (χ1v) is 3.96. The minimum absolute atomic E-state index is 0.369. The van der Waals surface area contributed by atoms with Crippen LogP contribution in [0.25, 0.3) is 10.8 Å². The fourth-order valence-corrected chi connectivity index (χ4v) is 1.42. The van der Waals surface area contributed by atoms with Gasteiger partial charge in [0, 0.05) is 0 Å². The Kier molecular flexibility index (Phi) is 1.51. The molecule has 0 unspecified atom stereocenters. The molecular formula is C11H10O. The van der Waals surface area contributed by atoms with E-state index in [1.807, 2.05) is 37.3 Å². The van der Waals surface area contributed by atoms with E-state index in [-0.39, 0.29) is 0 Å². The van der Waals surface area contributed by atoms with Crippen LogP contribution in [-0.2, 0) is 0 Å². The number of hydrogen-bond acceptors (Lipinski definition) is 1. The number of phenols is 1. The zero-order valence-electron chi connectivity index (χ0n) is 6.91. The molecule has 1 heteroatoms. The highest BCUT2D eigenvalue weighted by atomic mass is 16.3. The van der Waals surface area contributed by atoms with Crippen LogP contribution in [0.4, 0.5) is 0 Å². The van der Waals surface area contributed by atoms with Gasteiger partial charge in [-0.1, -0.05) is 30.3 Å². The summed E-state index contributed by atoms with van der Waals surface area (Å²) in [5, 5.41) is 11.7. The second kappa shape index (κ2) is 2.52. The van der Waals surface area contributed by atoms with Crippen LogP contribution >= 0.6 is 0 Å². The fraction of sp³-hybridized carbons (Fsp3) is 0.0909. The van der Waals surface area contributed by atoms with Gasteiger partial charge in [-0.15, -0.1) is 0 Å². The summed E-state index contributed by atoms with van der Waals surface area (Å²) >= 11 is 0. The van der Waals surface area contributed by atoms with Gasteiger partial charge in [0.15, 0.2) is 0 Å². The van der Waals surface area contributed by atoms with Crippen molar-refractivity contribution in [2.24, 2.45) is 0 Å². The Bertz CT molecular complexity index is 418. The Labute approximate surface area is 71.3 Å². The van der Waals surface area contributed by atoms with E-state index in [9.17, 15) is 5.11 Å². The summed E-state index contributed by atoms with van der Waals surface area (Å²) in [5.74, 6) is 0.369. The van der Waals surface area contributed by atoms with Gasteiger partial charge in [-0.3, -0.25) is 0 Å².